The van der Waals surface area contributed by atoms with Gasteiger partial charge in [0, 0.05) is 11.6 Å². The number of hydrogen-bond acceptors (Lipinski definition) is 2. The first kappa shape index (κ1) is 16.0. The van der Waals surface area contributed by atoms with Crippen LogP contribution in [0.5, 0.6) is 5.75 Å². The summed E-state index contributed by atoms with van der Waals surface area (Å²) in [6, 6.07) is 8.75. The zero-order chi connectivity index (χ0) is 14.4. The monoisotopic (exact) mass is 263 g/mol. The largest absolute Gasteiger partial charge is 0.491 e. The van der Waals surface area contributed by atoms with Gasteiger partial charge in [-0.2, -0.15) is 0 Å². The van der Waals surface area contributed by atoms with Gasteiger partial charge >= 0.3 is 0 Å². The van der Waals surface area contributed by atoms with Gasteiger partial charge in [0.1, 0.15) is 5.75 Å². The molecule has 0 radical (unpaired) electrons. The van der Waals surface area contributed by atoms with E-state index in [9.17, 15) is 0 Å². The van der Waals surface area contributed by atoms with Crippen LogP contribution in [0.15, 0.2) is 24.3 Å². The van der Waals surface area contributed by atoms with Crippen LogP contribution in [0.1, 0.15) is 53.1 Å². The SMILES string of the molecule is CCNC(c1ccccc1OC(C)C)C(C)C(C)C. The molecule has 19 heavy (non-hydrogen) atoms. The number of para-hydroxylation sites is 1. The minimum Gasteiger partial charge on any atom is -0.491 e. The van der Waals surface area contributed by atoms with E-state index in [1.165, 1.54) is 5.56 Å². The lowest BCUT2D eigenvalue weighted by atomic mass is 9.85. The van der Waals surface area contributed by atoms with Gasteiger partial charge < -0.3 is 10.1 Å². The number of ether oxygens (including phenoxy) is 1. The first-order chi connectivity index (χ1) is 8.97. The maximum absolute atomic E-state index is 5.96. The summed E-state index contributed by atoms with van der Waals surface area (Å²) in [5.74, 6) is 2.21. The molecule has 0 heterocycles. The molecule has 2 unspecified atom stereocenters. The number of hydrogen-bond donors (Lipinski definition) is 1. The predicted octanol–water partition coefficient (Wildman–Crippen LogP) is 4.42. The lowest BCUT2D eigenvalue weighted by Crippen LogP contribution is -2.30. The molecule has 0 aromatic heterocycles. The van der Waals surface area contributed by atoms with Crippen LogP contribution in [0.4, 0.5) is 0 Å². The summed E-state index contributed by atoms with van der Waals surface area (Å²) in [7, 11) is 0. The van der Waals surface area contributed by atoms with E-state index in [1.54, 1.807) is 0 Å². The molecule has 0 aliphatic rings. The third-order valence-corrected chi connectivity index (χ3v) is 3.62. The quantitative estimate of drug-likeness (QED) is 0.786. The summed E-state index contributed by atoms with van der Waals surface area (Å²) in [4.78, 5) is 0. The lowest BCUT2D eigenvalue weighted by molar-refractivity contribution is 0.230. The van der Waals surface area contributed by atoms with Crippen molar-refractivity contribution >= 4 is 0 Å². The van der Waals surface area contributed by atoms with E-state index >= 15 is 0 Å². The Bertz CT molecular complexity index is 373. The summed E-state index contributed by atoms with van der Waals surface area (Å²) >= 11 is 0. The summed E-state index contributed by atoms with van der Waals surface area (Å²) in [5.41, 5.74) is 1.28. The zero-order valence-corrected chi connectivity index (χ0v) is 13.2. The fourth-order valence-corrected chi connectivity index (χ4v) is 2.28. The molecule has 0 saturated heterocycles. The molecule has 2 atom stereocenters. The van der Waals surface area contributed by atoms with Gasteiger partial charge in [0.15, 0.2) is 0 Å². The second-order valence-electron chi connectivity index (χ2n) is 5.84. The first-order valence-electron chi connectivity index (χ1n) is 7.46. The van der Waals surface area contributed by atoms with Crippen LogP contribution in [0, 0.1) is 11.8 Å². The van der Waals surface area contributed by atoms with E-state index in [1.807, 2.05) is 6.07 Å². The second-order valence-corrected chi connectivity index (χ2v) is 5.84. The number of nitrogens with one attached hydrogen (secondary N) is 1. The number of benzene rings is 1. The topological polar surface area (TPSA) is 21.3 Å². The minimum absolute atomic E-state index is 0.206. The average Bonchev–Trinajstić information content (AvgIpc) is 2.35. The van der Waals surface area contributed by atoms with Crippen molar-refractivity contribution < 1.29 is 4.74 Å². The van der Waals surface area contributed by atoms with Crippen LogP contribution in [-0.4, -0.2) is 12.6 Å². The van der Waals surface area contributed by atoms with Crippen LogP contribution >= 0.6 is 0 Å². The van der Waals surface area contributed by atoms with Gasteiger partial charge in [0.25, 0.3) is 0 Å². The average molecular weight is 263 g/mol. The van der Waals surface area contributed by atoms with Gasteiger partial charge in [-0.25, -0.2) is 0 Å². The van der Waals surface area contributed by atoms with Gasteiger partial charge in [-0.1, -0.05) is 45.9 Å². The molecule has 1 aromatic rings. The molecule has 2 nitrogen and oxygen atoms in total. The Morgan fingerprint density at radius 3 is 2.21 bits per heavy atom. The molecule has 0 amide bonds. The molecule has 0 fully saturated rings. The van der Waals surface area contributed by atoms with Crippen molar-refractivity contribution in [2.75, 3.05) is 6.54 Å². The molecule has 0 aliphatic heterocycles. The Morgan fingerprint density at radius 1 is 1.05 bits per heavy atom. The summed E-state index contributed by atoms with van der Waals surface area (Å²) in [6.45, 7) is 14.1. The molecule has 0 spiro atoms. The van der Waals surface area contributed by atoms with Crippen LogP contribution in [0.3, 0.4) is 0 Å². The second kappa shape index (κ2) is 7.54. The van der Waals surface area contributed by atoms with E-state index in [-0.39, 0.29) is 6.10 Å². The molecular formula is C17H29NO. The molecular weight excluding hydrogens is 234 g/mol. The molecule has 0 aliphatic carbocycles. The molecule has 0 saturated carbocycles. The van der Waals surface area contributed by atoms with E-state index in [4.69, 9.17) is 4.74 Å². The van der Waals surface area contributed by atoms with Crippen molar-refractivity contribution in [3.8, 4) is 5.75 Å². The highest BCUT2D eigenvalue weighted by atomic mass is 16.5. The maximum atomic E-state index is 5.96. The molecule has 2 heteroatoms. The van der Waals surface area contributed by atoms with Crippen LogP contribution < -0.4 is 10.1 Å². The van der Waals surface area contributed by atoms with Gasteiger partial charge in [-0.15, -0.1) is 0 Å². The fourth-order valence-electron chi connectivity index (χ4n) is 2.28. The van der Waals surface area contributed by atoms with Gasteiger partial charge in [-0.3, -0.25) is 0 Å². The Kier molecular flexibility index (Phi) is 6.36. The van der Waals surface area contributed by atoms with Gasteiger partial charge in [0.2, 0.25) is 0 Å². The van der Waals surface area contributed by atoms with Crippen LogP contribution in [0.25, 0.3) is 0 Å². The van der Waals surface area contributed by atoms with Gasteiger partial charge in [0.05, 0.1) is 6.10 Å². The maximum Gasteiger partial charge on any atom is 0.124 e. The van der Waals surface area contributed by atoms with Crippen molar-refractivity contribution in [2.45, 2.75) is 53.7 Å². The highest BCUT2D eigenvalue weighted by Gasteiger charge is 2.24. The van der Waals surface area contributed by atoms with Crippen LogP contribution in [0.2, 0.25) is 0 Å². The molecule has 108 valence electrons. The summed E-state index contributed by atoms with van der Waals surface area (Å²) < 4.78 is 5.96. The summed E-state index contributed by atoms with van der Waals surface area (Å²) in [5, 5.41) is 3.61. The van der Waals surface area contributed by atoms with E-state index in [2.05, 4.69) is 65.1 Å². The van der Waals surface area contributed by atoms with Crippen molar-refractivity contribution in [3.63, 3.8) is 0 Å². The predicted molar refractivity (Wildman–Crippen MR) is 82.6 cm³/mol. The fraction of sp³-hybridized carbons (Fsp3) is 0.647. The summed E-state index contributed by atoms with van der Waals surface area (Å²) in [6.07, 6.45) is 0.206. The van der Waals surface area contributed by atoms with Crippen molar-refractivity contribution in [2.24, 2.45) is 11.8 Å². The number of rotatable bonds is 7. The molecule has 1 rings (SSSR count). The Hall–Kier alpha value is -1.02. The molecule has 0 bridgehead atoms. The van der Waals surface area contributed by atoms with E-state index < -0.39 is 0 Å². The minimum atomic E-state index is 0.206. The van der Waals surface area contributed by atoms with Crippen molar-refractivity contribution in [1.82, 2.24) is 5.32 Å². The third kappa shape index (κ3) is 4.54. The highest BCUT2D eigenvalue weighted by Crippen LogP contribution is 2.33. The highest BCUT2D eigenvalue weighted by molar-refractivity contribution is 5.36. The lowest BCUT2D eigenvalue weighted by Gasteiger charge is -2.30. The van der Waals surface area contributed by atoms with E-state index in [0.717, 1.165) is 12.3 Å². The normalized spacial score (nSPS) is 14.7. The zero-order valence-electron chi connectivity index (χ0n) is 13.2. The Balaban J connectivity index is 3.07. The molecule has 1 aromatic carbocycles. The smallest absolute Gasteiger partial charge is 0.124 e. The van der Waals surface area contributed by atoms with Gasteiger partial charge in [-0.05, 0) is 38.3 Å². The van der Waals surface area contributed by atoms with Crippen molar-refractivity contribution in [3.05, 3.63) is 29.8 Å². The third-order valence-electron chi connectivity index (χ3n) is 3.62. The van der Waals surface area contributed by atoms with Crippen molar-refractivity contribution in [1.29, 1.82) is 0 Å². The molecule has 1 N–H and O–H groups in total. The Morgan fingerprint density at radius 2 is 1.68 bits per heavy atom. The van der Waals surface area contributed by atoms with Crippen LogP contribution in [-0.2, 0) is 0 Å². The Labute approximate surface area is 118 Å². The van der Waals surface area contributed by atoms with E-state index in [0.29, 0.717) is 17.9 Å². The first-order valence-corrected chi connectivity index (χ1v) is 7.46. The standard InChI is InChI=1S/C17H29NO/c1-7-18-17(14(6)12(2)3)15-10-8-9-11-16(15)19-13(4)5/h8-14,17-18H,7H2,1-6H3.